The van der Waals surface area contributed by atoms with Crippen LogP contribution in [-0.4, -0.2) is 13.4 Å². The van der Waals surface area contributed by atoms with E-state index in [0.29, 0.717) is 4.47 Å². The molecule has 0 aromatic carbocycles. The fourth-order valence-corrected chi connectivity index (χ4v) is 4.38. The van der Waals surface area contributed by atoms with Crippen LogP contribution in [0.4, 0.5) is 0 Å². The summed E-state index contributed by atoms with van der Waals surface area (Å²) in [6.07, 6.45) is 1.46. The van der Waals surface area contributed by atoms with Crippen LogP contribution in [0.25, 0.3) is 0 Å². The summed E-state index contributed by atoms with van der Waals surface area (Å²) in [5.41, 5.74) is 0. The van der Waals surface area contributed by atoms with Gasteiger partial charge in [-0.2, -0.15) is 0 Å². The highest BCUT2D eigenvalue weighted by Gasteiger charge is 2.18. The van der Waals surface area contributed by atoms with Crippen molar-refractivity contribution in [1.29, 1.82) is 0 Å². The molecule has 0 unspecified atom stereocenters. The van der Waals surface area contributed by atoms with Gasteiger partial charge >= 0.3 is 0 Å². The molecule has 0 saturated carbocycles. The third kappa shape index (κ3) is 2.18. The average molecular weight is 335 g/mol. The van der Waals surface area contributed by atoms with Crippen molar-refractivity contribution in [2.24, 2.45) is 0 Å². The molecule has 12 heavy (non-hydrogen) atoms. The van der Waals surface area contributed by atoms with E-state index in [4.69, 9.17) is 10.7 Å². The van der Waals surface area contributed by atoms with E-state index in [0.717, 1.165) is 0 Å². The van der Waals surface area contributed by atoms with Crippen LogP contribution in [0.2, 0.25) is 0 Å². The molecule has 0 atom stereocenters. The van der Waals surface area contributed by atoms with Gasteiger partial charge in [0.15, 0.2) is 0 Å². The highest BCUT2D eigenvalue weighted by molar-refractivity contribution is 9.11. The van der Waals surface area contributed by atoms with Gasteiger partial charge in [-0.25, -0.2) is 13.4 Å². The van der Waals surface area contributed by atoms with Crippen molar-refractivity contribution in [2.75, 3.05) is 0 Å². The van der Waals surface area contributed by atoms with Crippen LogP contribution in [0, 0.1) is 0 Å². The van der Waals surface area contributed by atoms with E-state index >= 15 is 0 Å². The van der Waals surface area contributed by atoms with Crippen molar-refractivity contribution in [3.05, 3.63) is 21.3 Å². The fraction of sp³-hybridized carbons (Fsp3) is 0. The van der Waals surface area contributed by atoms with E-state index in [1.165, 1.54) is 12.3 Å². The largest absolute Gasteiger partial charge is 0.265 e. The Morgan fingerprint density at radius 3 is 2.33 bits per heavy atom. The lowest BCUT2D eigenvalue weighted by atomic mass is 10.5. The van der Waals surface area contributed by atoms with Gasteiger partial charge in [0.05, 0.1) is 0 Å². The van der Waals surface area contributed by atoms with Gasteiger partial charge in [0.1, 0.15) is 9.50 Å². The molecule has 3 nitrogen and oxygen atoms in total. The quantitative estimate of drug-likeness (QED) is 0.585. The molecule has 0 amide bonds. The Bertz CT molecular complexity index is 386. The van der Waals surface area contributed by atoms with Gasteiger partial charge in [-0.3, -0.25) is 0 Å². The highest BCUT2D eigenvalue weighted by atomic mass is 79.9. The molecular weight excluding hydrogens is 333 g/mol. The molecule has 0 radical (unpaired) electrons. The van der Waals surface area contributed by atoms with Crippen molar-refractivity contribution in [3.8, 4) is 0 Å². The molecule has 1 aromatic rings. The summed E-state index contributed by atoms with van der Waals surface area (Å²) in [7, 11) is 1.39. The molecule has 66 valence electrons. The van der Waals surface area contributed by atoms with E-state index in [9.17, 15) is 8.42 Å². The fourth-order valence-electron chi connectivity index (χ4n) is 0.618. The first-order valence-electron chi connectivity index (χ1n) is 2.67. The first kappa shape index (κ1) is 10.4. The predicted molar refractivity (Wildman–Crippen MR) is 52.7 cm³/mol. The SMILES string of the molecule is O=S(=O)(Cl)c1c(Br)ccnc1Br. The summed E-state index contributed by atoms with van der Waals surface area (Å²) in [6.45, 7) is 0. The molecule has 0 spiro atoms. The van der Waals surface area contributed by atoms with Crippen LogP contribution >= 0.6 is 42.5 Å². The van der Waals surface area contributed by atoms with Gasteiger partial charge in [0, 0.05) is 21.4 Å². The maximum atomic E-state index is 10.9. The Hall–Kier alpha value is 0.350. The second-order valence-corrected chi connectivity index (χ2v) is 5.96. The van der Waals surface area contributed by atoms with E-state index < -0.39 is 9.05 Å². The maximum absolute atomic E-state index is 10.9. The van der Waals surface area contributed by atoms with Gasteiger partial charge in [0.25, 0.3) is 9.05 Å². The number of nitrogens with zero attached hydrogens (tertiary/aromatic N) is 1. The normalized spacial score (nSPS) is 11.6. The van der Waals surface area contributed by atoms with Crippen LogP contribution < -0.4 is 0 Å². The van der Waals surface area contributed by atoms with Gasteiger partial charge in [-0.1, -0.05) is 0 Å². The predicted octanol–water partition coefficient (Wildman–Crippen LogP) is 2.53. The summed E-state index contributed by atoms with van der Waals surface area (Å²) in [4.78, 5) is 3.68. The summed E-state index contributed by atoms with van der Waals surface area (Å²) in [5.74, 6) is 0. The zero-order valence-corrected chi connectivity index (χ0v) is 10.2. The third-order valence-electron chi connectivity index (χ3n) is 1.06. The second kappa shape index (κ2) is 3.61. The molecule has 0 aliphatic heterocycles. The number of pyridine rings is 1. The summed E-state index contributed by atoms with van der Waals surface area (Å²) >= 11 is 6.03. The minimum atomic E-state index is -3.75. The molecule has 0 fully saturated rings. The molecule has 0 bridgehead atoms. The maximum Gasteiger partial charge on any atom is 0.265 e. The molecule has 1 heterocycles. The summed E-state index contributed by atoms with van der Waals surface area (Å²) < 4.78 is 22.5. The standard InChI is InChI=1S/C5H2Br2ClNO2S/c6-3-1-2-9-5(7)4(3)12(8,10)11/h1-2H. The number of aromatic nitrogens is 1. The number of hydrogen-bond donors (Lipinski definition) is 0. The lowest BCUT2D eigenvalue weighted by Crippen LogP contribution is -1.95. The van der Waals surface area contributed by atoms with Crippen LogP contribution in [0.3, 0.4) is 0 Å². The molecule has 0 N–H and O–H groups in total. The summed E-state index contributed by atoms with van der Waals surface area (Å²) in [5, 5.41) is 0. The molecule has 0 aliphatic rings. The van der Waals surface area contributed by atoms with Crippen molar-refractivity contribution < 1.29 is 8.42 Å². The molecule has 0 saturated heterocycles. The number of hydrogen-bond acceptors (Lipinski definition) is 3. The summed E-state index contributed by atoms with van der Waals surface area (Å²) in [6, 6.07) is 1.50. The number of rotatable bonds is 1. The molecule has 1 aromatic heterocycles. The first-order chi connectivity index (χ1) is 5.43. The lowest BCUT2D eigenvalue weighted by molar-refractivity contribution is 0.608. The van der Waals surface area contributed by atoms with Crippen molar-refractivity contribution in [1.82, 2.24) is 4.98 Å². The van der Waals surface area contributed by atoms with Gasteiger partial charge in [0.2, 0.25) is 0 Å². The molecular formula is C5H2Br2ClNO2S. The highest BCUT2D eigenvalue weighted by Crippen LogP contribution is 2.30. The number of halogens is 3. The topological polar surface area (TPSA) is 47.0 Å². The van der Waals surface area contributed by atoms with Crippen LogP contribution in [-0.2, 0) is 9.05 Å². The Balaban J connectivity index is 3.53. The molecule has 0 aliphatic carbocycles. The van der Waals surface area contributed by atoms with Crippen molar-refractivity contribution in [3.63, 3.8) is 0 Å². The van der Waals surface area contributed by atoms with E-state index in [2.05, 4.69) is 36.8 Å². The zero-order chi connectivity index (χ0) is 9.35. The smallest absolute Gasteiger partial charge is 0.248 e. The average Bonchev–Trinajstić information content (AvgIpc) is 1.82. The van der Waals surface area contributed by atoms with Crippen molar-refractivity contribution in [2.45, 2.75) is 4.90 Å². The lowest BCUT2D eigenvalue weighted by Gasteiger charge is -2.00. The minimum Gasteiger partial charge on any atom is -0.248 e. The van der Waals surface area contributed by atoms with Gasteiger partial charge in [-0.05, 0) is 37.9 Å². The Kier molecular flexibility index (Phi) is 3.14. The zero-order valence-electron chi connectivity index (χ0n) is 5.46. The minimum absolute atomic E-state index is 0.0494. The van der Waals surface area contributed by atoms with E-state index in [1.54, 1.807) is 0 Å². The first-order valence-corrected chi connectivity index (χ1v) is 6.57. The monoisotopic (exact) mass is 333 g/mol. The third-order valence-corrected chi connectivity index (χ3v) is 4.21. The Morgan fingerprint density at radius 2 is 2.00 bits per heavy atom. The molecule has 7 heteroatoms. The molecule has 1 rings (SSSR count). The van der Waals surface area contributed by atoms with E-state index in [-0.39, 0.29) is 9.50 Å². The second-order valence-electron chi connectivity index (χ2n) is 1.85. The van der Waals surface area contributed by atoms with E-state index in [1.807, 2.05) is 0 Å². The van der Waals surface area contributed by atoms with Crippen LogP contribution in [0.5, 0.6) is 0 Å². The van der Waals surface area contributed by atoms with Gasteiger partial charge < -0.3 is 0 Å². The Labute approximate surface area is 90.8 Å². The van der Waals surface area contributed by atoms with Gasteiger partial charge in [-0.15, -0.1) is 0 Å². The van der Waals surface area contributed by atoms with Crippen LogP contribution in [0.15, 0.2) is 26.2 Å². The Morgan fingerprint density at radius 1 is 1.42 bits per heavy atom. The van der Waals surface area contributed by atoms with Crippen molar-refractivity contribution >= 4 is 51.6 Å². The van der Waals surface area contributed by atoms with Crippen LogP contribution in [0.1, 0.15) is 0 Å².